The number of nitrogens with zero attached hydrogens (tertiary/aromatic N) is 1. The number of carbonyl (C=O) groups excluding carboxylic acids is 1. The molecule has 1 aromatic rings. The van der Waals surface area contributed by atoms with E-state index in [9.17, 15) is 9.18 Å². The van der Waals surface area contributed by atoms with E-state index < -0.39 is 0 Å². The molecule has 1 saturated carbocycles. The first kappa shape index (κ1) is 13.7. The highest BCUT2D eigenvalue weighted by Crippen LogP contribution is 2.46. The summed E-state index contributed by atoms with van der Waals surface area (Å²) >= 11 is 0. The monoisotopic (exact) mass is 275 g/mol. The van der Waals surface area contributed by atoms with Crippen LogP contribution in [0.5, 0.6) is 0 Å². The molecule has 0 aromatic heterocycles. The quantitative estimate of drug-likeness (QED) is 0.785. The zero-order valence-electron chi connectivity index (χ0n) is 11.9. The molecule has 0 N–H and O–H groups in total. The van der Waals surface area contributed by atoms with Crippen LogP contribution in [0.25, 0.3) is 0 Å². The maximum Gasteiger partial charge on any atom is 0.176 e. The molecule has 0 atom stereocenters. The van der Waals surface area contributed by atoms with Gasteiger partial charge in [0.05, 0.1) is 6.54 Å². The first-order valence-electron chi connectivity index (χ1n) is 7.68. The van der Waals surface area contributed by atoms with Crippen LogP contribution in [-0.4, -0.2) is 30.3 Å². The number of carbonyl (C=O) groups is 1. The standard InChI is InChI=1S/C17H22FNO/c18-15-5-3-14(4-6-15)16(20)13-19-11-9-17(10-12-19)7-1-2-8-17/h3-6H,1-2,7-13H2. The smallest absolute Gasteiger partial charge is 0.176 e. The topological polar surface area (TPSA) is 20.3 Å². The average Bonchev–Trinajstić information content (AvgIpc) is 2.91. The zero-order valence-corrected chi connectivity index (χ0v) is 11.9. The fourth-order valence-corrected chi connectivity index (χ4v) is 3.74. The van der Waals surface area contributed by atoms with Crippen molar-refractivity contribution >= 4 is 5.78 Å². The fourth-order valence-electron chi connectivity index (χ4n) is 3.74. The van der Waals surface area contributed by atoms with Gasteiger partial charge in [-0.2, -0.15) is 0 Å². The molecule has 1 aliphatic heterocycles. The van der Waals surface area contributed by atoms with Crippen molar-refractivity contribution in [2.45, 2.75) is 38.5 Å². The predicted molar refractivity (Wildman–Crippen MR) is 77.3 cm³/mol. The number of ketones is 1. The highest BCUT2D eigenvalue weighted by molar-refractivity contribution is 5.97. The molecule has 108 valence electrons. The third kappa shape index (κ3) is 2.93. The molecule has 1 aromatic carbocycles. The van der Waals surface area contributed by atoms with Crippen molar-refractivity contribution in [3.05, 3.63) is 35.6 Å². The van der Waals surface area contributed by atoms with Gasteiger partial charge in [0.15, 0.2) is 5.78 Å². The van der Waals surface area contributed by atoms with Gasteiger partial charge >= 0.3 is 0 Å². The normalized spacial score (nSPS) is 22.2. The Morgan fingerprint density at radius 3 is 2.25 bits per heavy atom. The summed E-state index contributed by atoms with van der Waals surface area (Å²) in [5.74, 6) is -0.185. The first-order chi connectivity index (χ1) is 9.67. The molecule has 1 spiro atoms. The minimum absolute atomic E-state index is 0.104. The van der Waals surface area contributed by atoms with Crippen molar-refractivity contribution in [1.82, 2.24) is 4.90 Å². The van der Waals surface area contributed by atoms with Gasteiger partial charge in [-0.15, -0.1) is 0 Å². The van der Waals surface area contributed by atoms with Gasteiger partial charge in [0.1, 0.15) is 5.82 Å². The minimum atomic E-state index is -0.289. The molecule has 2 fully saturated rings. The van der Waals surface area contributed by atoms with Gasteiger partial charge < -0.3 is 0 Å². The molecule has 1 aliphatic carbocycles. The molecule has 0 radical (unpaired) electrons. The summed E-state index contributed by atoms with van der Waals surface area (Å²) in [4.78, 5) is 14.4. The van der Waals surface area contributed by atoms with Crippen LogP contribution in [0.2, 0.25) is 0 Å². The van der Waals surface area contributed by atoms with E-state index in [0.717, 1.165) is 13.1 Å². The molecule has 1 saturated heterocycles. The van der Waals surface area contributed by atoms with Gasteiger partial charge in [-0.3, -0.25) is 9.69 Å². The van der Waals surface area contributed by atoms with E-state index >= 15 is 0 Å². The summed E-state index contributed by atoms with van der Waals surface area (Å²) in [7, 11) is 0. The van der Waals surface area contributed by atoms with Crippen LogP contribution >= 0.6 is 0 Å². The zero-order chi connectivity index (χ0) is 14.0. The molecular weight excluding hydrogens is 253 g/mol. The summed E-state index contributed by atoms with van der Waals surface area (Å²) in [6, 6.07) is 5.88. The fraction of sp³-hybridized carbons (Fsp3) is 0.588. The predicted octanol–water partition coefficient (Wildman–Crippen LogP) is 3.66. The van der Waals surface area contributed by atoms with Gasteiger partial charge in [0.2, 0.25) is 0 Å². The van der Waals surface area contributed by atoms with Gasteiger partial charge in [-0.25, -0.2) is 4.39 Å². The van der Waals surface area contributed by atoms with Crippen LogP contribution in [0.1, 0.15) is 48.9 Å². The first-order valence-corrected chi connectivity index (χ1v) is 7.68. The number of Topliss-reactive ketones (excluding diaryl/α,β-unsaturated/α-hetero) is 1. The van der Waals surface area contributed by atoms with Crippen LogP contribution < -0.4 is 0 Å². The Labute approximate surface area is 120 Å². The van der Waals surface area contributed by atoms with Crippen molar-refractivity contribution in [2.24, 2.45) is 5.41 Å². The molecule has 2 nitrogen and oxygen atoms in total. The van der Waals surface area contributed by atoms with Crippen molar-refractivity contribution in [1.29, 1.82) is 0 Å². The van der Waals surface area contributed by atoms with Gasteiger partial charge in [-0.05, 0) is 68.5 Å². The SMILES string of the molecule is O=C(CN1CCC2(CCCC2)CC1)c1ccc(F)cc1. The second-order valence-electron chi connectivity index (χ2n) is 6.41. The molecule has 3 heteroatoms. The van der Waals surface area contributed by atoms with Crippen LogP contribution in [0.3, 0.4) is 0 Å². The van der Waals surface area contributed by atoms with Crippen molar-refractivity contribution < 1.29 is 9.18 Å². The second-order valence-corrected chi connectivity index (χ2v) is 6.41. The Hall–Kier alpha value is -1.22. The van der Waals surface area contributed by atoms with Crippen molar-refractivity contribution in [2.75, 3.05) is 19.6 Å². The summed E-state index contributed by atoms with van der Waals surface area (Å²) in [5.41, 5.74) is 1.21. The number of benzene rings is 1. The maximum absolute atomic E-state index is 12.9. The summed E-state index contributed by atoms with van der Waals surface area (Å²) in [5, 5.41) is 0. The van der Waals surface area contributed by atoms with E-state index in [0.29, 0.717) is 17.5 Å². The molecule has 0 unspecified atom stereocenters. The lowest BCUT2D eigenvalue weighted by molar-refractivity contribution is 0.0797. The van der Waals surface area contributed by atoms with E-state index in [2.05, 4.69) is 4.90 Å². The molecule has 0 bridgehead atoms. The Bertz CT molecular complexity index is 466. The van der Waals surface area contributed by atoms with Crippen molar-refractivity contribution in [3.8, 4) is 0 Å². The summed E-state index contributed by atoms with van der Waals surface area (Å²) in [6.45, 7) is 2.54. The summed E-state index contributed by atoms with van der Waals surface area (Å²) < 4.78 is 12.9. The van der Waals surface area contributed by atoms with Crippen LogP contribution in [0.4, 0.5) is 4.39 Å². The Morgan fingerprint density at radius 1 is 1.05 bits per heavy atom. The number of piperidine rings is 1. The lowest BCUT2D eigenvalue weighted by Crippen LogP contribution is -2.41. The van der Waals surface area contributed by atoms with E-state index in [-0.39, 0.29) is 11.6 Å². The number of rotatable bonds is 3. The number of hydrogen-bond acceptors (Lipinski definition) is 2. The van der Waals surface area contributed by atoms with Crippen LogP contribution in [0, 0.1) is 11.2 Å². The molecule has 2 aliphatic rings. The Morgan fingerprint density at radius 2 is 1.65 bits per heavy atom. The largest absolute Gasteiger partial charge is 0.296 e. The molecule has 20 heavy (non-hydrogen) atoms. The van der Waals surface area contributed by atoms with E-state index in [1.165, 1.54) is 50.7 Å². The van der Waals surface area contributed by atoms with Crippen LogP contribution in [-0.2, 0) is 0 Å². The van der Waals surface area contributed by atoms with E-state index in [4.69, 9.17) is 0 Å². The lowest BCUT2D eigenvalue weighted by Gasteiger charge is -2.39. The Balaban J connectivity index is 1.54. The van der Waals surface area contributed by atoms with E-state index in [1.54, 1.807) is 12.1 Å². The molecule has 3 rings (SSSR count). The minimum Gasteiger partial charge on any atom is -0.296 e. The summed E-state index contributed by atoms with van der Waals surface area (Å²) in [6.07, 6.45) is 8.01. The number of hydrogen-bond donors (Lipinski definition) is 0. The third-order valence-corrected chi connectivity index (χ3v) is 5.11. The van der Waals surface area contributed by atoms with Gasteiger partial charge in [0, 0.05) is 5.56 Å². The van der Waals surface area contributed by atoms with Crippen LogP contribution in [0.15, 0.2) is 24.3 Å². The maximum atomic E-state index is 12.9. The van der Waals surface area contributed by atoms with E-state index in [1.807, 2.05) is 0 Å². The van der Waals surface area contributed by atoms with Gasteiger partial charge in [0.25, 0.3) is 0 Å². The second kappa shape index (κ2) is 5.65. The average molecular weight is 275 g/mol. The lowest BCUT2D eigenvalue weighted by atomic mass is 9.77. The number of likely N-dealkylation sites (tertiary alicyclic amines) is 1. The molecule has 0 amide bonds. The third-order valence-electron chi connectivity index (χ3n) is 5.11. The molecule has 1 heterocycles. The molecular formula is C17H22FNO. The van der Waals surface area contributed by atoms with Gasteiger partial charge in [-0.1, -0.05) is 12.8 Å². The Kier molecular flexibility index (Phi) is 3.88. The van der Waals surface area contributed by atoms with Crippen molar-refractivity contribution in [3.63, 3.8) is 0 Å². The highest BCUT2D eigenvalue weighted by atomic mass is 19.1. The highest BCUT2D eigenvalue weighted by Gasteiger charge is 2.37. The number of halogens is 1.